The Morgan fingerprint density at radius 1 is 1.21 bits per heavy atom. The molecule has 0 saturated carbocycles. The van der Waals surface area contributed by atoms with E-state index in [0.29, 0.717) is 21.4 Å². The van der Waals surface area contributed by atoms with Gasteiger partial charge in [-0.3, -0.25) is 4.79 Å². The van der Waals surface area contributed by atoms with Crippen molar-refractivity contribution < 1.29 is 14.3 Å². The zero-order chi connectivity index (χ0) is 17.3. The van der Waals surface area contributed by atoms with Crippen LogP contribution in [0, 0.1) is 0 Å². The van der Waals surface area contributed by atoms with Gasteiger partial charge in [0, 0.05) is 10.5 Å². The molecule has 3 rings (SSSR count). The molecule has 2 aromatic rings. The summed E-state index contributed by atoms with van der Waals surface area (Å²) in [6.07, 6.45) is 1.82. The molecule has 0 radical (unpaired) electrons. The highest BCUT2D eigenvalue weighted by Gasteiger charge is 2.25. The van der Waals surface area contributed by atoms with E-state index < -0.39 is 0 Å². The minimum Gasteiger partial charge on any atom is -0.493 e. The largest absolute Gasteiger partial charge is 0.493 e. The summed E-state index contributed by atoms with van der Waals surface area (Å²) in [6, 6.07) is 11.2. The van der Waals surface area contributed by atoms with Crippen LogP contribution in [0.4, 0.5) is 0 Å². The predicted molar refractivity (Wildman–Crippen MR) is 98.4 cm³/mol. The van der Waals surface area contributed by atoms with E-state index in [0.717, 1.165) is 16.0 Å². The second-order valence-corrected chi connectivity index (χ2v) is 7.13. The van der Waals surface area contributed by atoms with Gasteiger partial charge in [0.25, 0.3) is 0 Å². The zero-order valence-electron chi connectivity index (χ0n) is 13.6. The van der Waals surface area contributed by atoms with Gasteiger partial charge in [0.15, 0.2) is 11.5 Å². The monoisotopic (exact) mass is 360 g/mol. The molecule has 3 nitrogen and oxygen atoms in total. The Hall–Kier alpha value is -1.91. The molecule has 1 aliphatic heterocycles. The van der Waals surface area contributed by atoms with Crippen molar-refractivity contribution in [2.24, 2.45) is 0 Å². The fraction of sp³-hybridized carbons (Fsp3) is 0.211. The summed E-state index contributed by atoms with van der Waals surface area (Å²) < 4.78 is 11.1. The molecule has 0 atom stereocenters. The number of methoxy groups -OCH3 is 1. The van der Waals surface area contributed by atoms with Crippen molar-refractivity contribution in [1.29, 1.82) is 0 Å². The Kier molecular flexibility index (Phi) is 4.88. The van der Waals surface area contributed by atoms with Gasteiger partial charge in [-0.15, -0.1) is 0 Å². The number of hydrogen-bond donors (Lipinski definition) is 0. The van der Waals surface area contributed by atoms with Crippen LogP contribution in [-0.4, -0.2) is 19.0 Å². The van der Waals surface area contributed by atoms with Gasteiger partial charge in [-0.25, -0.2) is 0 Å². The Morgan fingerprint density at radius 3 is 2.62 bits per heavy atom. The van der Waals surface area contributed by atoms with E-state index in [2.05, 4.69) is 0 Å². The van der Waals surface area contributed by atoms with E-state index in [4.69, 9.17) is 21.1 Å². The molecule has 0 N–H and O–H groups in total. The topological polar surface area (TPSA) is 35.5 Å². The molecule has 0 spiro atoms. The van der Waals surface area contributed by atoms with Crippen LogP contribution in [0.25, 0.3) is 6.08 Å². The molecule has 0 amide bonds. The van der Waals surface area contributed by atoms with Crippen molar-refractivity contribution >= 4 is 35.2 Å². The van der Waals surface area contributed by atoms with Crippen LogP contribution in [0.5, 0.6) is 11.5 Å². The Bertz CT molecular complexity index is 827. The lowest BCUT2D eigenvalue weighted by Gasteiger charge is -2.15. The van der Waals surface area contributed by atoms with E-state index >= 15 is 0 Å². The van der Waals surface area contributed by atoms with Crippen molar-refractivity contribution in [1.82, 2.24) is 0 Å². The van der Waals surface area contributed by atoms with E-state index in [9.17, 15) is 4.79 Å². The number of hydrogen-bond acceptors (Lipinski definition) is 4. The highest BCUT2D eigenvalue weighted by atomic mass is 35.5. The molecule has 24 heavy (non-hydrogen) atoms. The molecule has 0 fully saturated rings. The standard InChI is InChI=1S/C19H17ClO3S/c1-11(2)23-19-14(20)8-12(9-15(19)22-3)10-17-18(21)13-6-4-5-7-16(13)24-17/h4-11H,1-3H3/b17-10-. The summed E-state index contributed by atoms with van der Waals surface area (Å²) in [4.78, 5) is 14.1. The summed E-state index contributed by atoms with van der Waals surface area (Å²) in [5, 5.41) is 0.461. The number of rotatable bonds is 4. The van der Waals surface area contributed by atoms with Gasteiger partial charge < -0.3 is 9.47 Å². The Balaban J connectivity index is 1.97. The molecule has 0 aromatic heterocycles. The highest BCUT2D eigenvalue weighted by molar-refractivity contribution is 8.04. The van der Waals surface area contributed by atoms with Crippen molar-refractivity contribution in [3.63, 3.8) is 0 Å². The lowest BCUT2D eigenvalue weighted by atomic mass is 10.1. The number of fused-ring (bicyclic) bond motifs is 1. The number of allylic oxidation sites excluding steroid dienone is 1. The number of carbonyl (C=O) groups excluding carboxylic acids is 1. The van der Waals surface area contributed by atoms with Gasteiger partial charge in [-0.1, -0.05) is 35.5 Å². The fourth-order valence-electron chi connectivity index (χ4n) is 2.46. The van der Waals surface area contributed by atoms with E-state index in [1.54, 1.807) is 13.2 Å². The molecule has 1 heterocycles. The molecule has 2 aromatic carbocycles. The number of Topliss-reactive ketones (excluding diaryl/α,β-unsaturated/α-hetero) is 1. The van der Waals surface area contributed by atoms with E-state index in [1.165, 1.54) is 11.8 Å². The first-order valence-corrected chi connectivity index (χ1v) is 8.76. The number of halogens is 1. The Labute approximate surface area is 150 Å². The van der Waals surface area contributed by atoms with Crippen LogP contribution in [-0.2, 0) is 0 Å². The van der Waals surface area contributed by atoms with Crippen molar-refractivity contribution in [2.75, 3.05) is 7.11 Å². The first kappa shape index (κ1) is 16.9. The third-order valence-corrected chi connectivity index (χ3v) is 4.86. The predicted octanol–water partition coefficient (Wildman–Crippen LogP) is 5.47. The molecule has 124 valence electrons. The summed E-state index contributed by atoms with van der Waals surface area (Å²) in [5.41, 5.74) is 1.54. The third kappa shape index (κ3) is 3.30. The summed E-state index contributed by atoms with van der Waals surface area (Å²) in [7, 11) is 1.57. The van der Waals surface area contributed by atoms with Crippen LogP contribution in [0.1, 0.15) is 29.8 Å². The van der Waals surface area contributed by atoms with Crippen LogP contribution in [0.2, 0.25) is 5.02 Å². The normalized spacial score (nSPS) is 15.0. The lowest BCUT2D eigenvalue weighted by molar-refractivity contribution is 0.104. The molecule has 0 aliphatic carbocycles. The number of benzene rings is 2. The SMILES string of the molecule is COc1cc(/C=C2\Sc3ccccc3C2=O)cc(Cl)c1OC(C)C. The second kappa shape index (κ2) is 6.91. The van der Waals surface area contributed by atoms with Crippen molar-refractivity contribution in [2.45, 2.75) is 24.8 Å². The van der Waals surface area contributed by atoms with Crippen LogP contribution in [0.3, 0.4) is 0 Å². The second-order valence-electron chi connectivity index (χ2n) is 5.64. The summed E-state index contributed by atoms with van der Waals surface area (Å²) in [6.45, 7) is 3.85. The molecule has 0 saturated heterocycles. The Morgan fingerprint density at radius 2 is 1.96 bits per heavy atom. The third-order valence-electron chi connectivity index (χ3n) is 3.48. The number of ether oxygens (including phenoxy) is 2. The van der Waals surface area contributed by atoms with Gasteiger partial charge in [0.2, 0.25) is 5.78 Å². The van der Waals surface area contributed by atoms with Crippen LogP contribution in [0.15, 0.2) is 46.2 Å². The van der Waals surface area contributed by atoms with Gasteiger partial charge in [0.05, 0.1) is 23.1 Å². The minimum absolute atomic E-state index is 0.0120. The van der Waals surface area contributed by atoms with Gasteiger partial charge in [-0.2, -0.15) is 0 Å². The lowest BCUT2D eigenvalue weighted by Crippen LogP contribution is -2.07. The highest BCUT2D eigenvalue weighted by Crippen LogP contribution is 2.42. The molecule has 1 aliphatic rings. The number of thioether (sulfide) groups is 1. The van der Waals surface area contributed by atoms with Crippen molar-refractivity contribution in [3.8, 4) is 11.5 Å². The van der Waals surface area contributed by atoms with Gasteiger partial charge in [0.1, 0.15) is 0 Å². The maximum atomic E-state index is 12.5. The number of carbonyl (C=O) groups is 1. The smallest absolute Gasteiger partial charge is 0.200 e. The molecular formula is C19H17ClO3S. The first-order chi connectivity index (χ1) is 11.5. The maximum Gasteiger partial charge on any atom is 0.200 e. The minimum atomic E-state index is -0.0120. The van der Waals surface area contributed by atoms with Crippen LogP contribution < -0.4 is 9.47 Å². The molecule has 0 unspecified atom stereocenters. The number of ketones is 1. The van der Waals surface area contributed by atoms with Gasteiger partial charge >= 0.3 is 0 Å². The summed E-state index contributed by atoms with van der Waals surface area (Å²) >= 11 is 7.81. The van der Waals surface area contributed by atoms with Gasteiger partial charge in [-0.05, 0) is 49.8 Å². The summed E-state index contributed by atoms with van der Waals surface area (Å²) in [5.74, 6) is 1.11. The van der Waals surface area contributed by atoms with E-state index in [-0.39, 0.29) is 11.9 Å². The van der Waals surface area contributed by atoms with Crippen molar-refractivity contribution in [3.05, 3.63) is 57.5 Å². The van der Waals surface area contributed by atoms with Crippen LogP contribution >= 0.6 is 23.4 Å². The maximum absolute atomic E-state index is 12.5. The fourth-order valence-corrected chi connectivity index (χ4v) is 3.78. The average molecular weight is 361 g/mol. The average Bonchev–Trinajstić information content (AvgIpc) is 2.86. The molecule has 0 bridgehead atoms. The van der Waals surface area contributed by atoms with E-state index in [1.807, 2.05) is 50.3 Å². The quantitative estimate of drug-likeness (QED) is 0.678. The molecule has 5 heteroatoms. The molecular weight excluding hydrogens is 344 g/mol. The first-order valence-electron chi connectivity index (χ1n) is 7.57. The zero-order valence-corrected chi connectivity index (χ0v) is 15.2.